The van der Waals surface area contributed by atoms with Crippen LogP contribution in [0.1, 0.15) is 116 Å². The van der Waals surface area contributed by atoms with Crippen molar-refractivity contribution in [3.8, 4) is 0 Å². The summed E-state index contributed by atoms with van der Waals surface area (Å²) in [5.74, 6) is -0.0833. The molecule has 0 unspecified atom stereocenters. The quantitative estimate of drug-likeness (QED) is 0.181. The molecule has 1 N–H and O–H groups in total. The van der Waals surface area contributed by atoms with Gasteiger partial charge in [0, 0.05) is 18.5 Å². The van der Waals surface area contributed by atoms with Crippen molar-refractivity contribution in [1.82, 2.24) is 0 Å². The minimum absolute atomic E-state index is 0.0855. The highest BCUT2D eigenvalue weighted by Gasteiger charge is 2.05. The molecule has 0 aromatic heterocycles. The molecule has 176 valence electrons. The highest BCUT2D eigenvalue weighted by atomic mass is 16.5. The Kier molecular flexibility index (Phi) is 16.6. The van der Waals surface area contributed by atoms with Crippen LogP contribution in [0.15, 0.2) is 24.3 Å². The Bertz CT molecular complexity index is 583. The van der Waals surface area contributed by atoms with Crippen LogP contribution in [-0.2, 0) is 20.7 Å². The molecule has 0 aliphatic rings. The van der Waals surface area contributed by atoms with E-state index in [2.05, 4.69) is 12.2 Å². The summed E-state index contributed by atoms with van der Waals surface area (Å²) in [7, 11) is 0. The van der Waals surface area contributed by atoms with Crippen molar-refractivity contribution in [3.63, 3.8) is 0 Å². The maximum atomic E-state index is 12.1. The predicted molar refractivity (Wildman–Crippen MR) is 130 cm³/mol. The number of benzene rings is 1. The van der Waals surface area contributed by atoms with Crippen LogP contribution in [0.25, 0.3) is 0 Å². The van der Waals surface area contributed by atoms with Crippen molar-refractivity contribution in [1.29, 1.82) is 0 Å². The van der Waals surface area contributed by atoms with E-state index in [4.69, 9.17) is 4.74 Å². The van der Waals surface area contributed by atoms with Crippen LogP contribution < -0.4 is 5.32 Å². The average molecular weight is 432 g/mol. The predicted octanol–water partition coefficient (Wildman–Crippen LogP) is 7.60. The maximum absolute atomic E-state index is 12.1. The average Bonchev–Trinajstić information content (AvgIpc) is 2.76. The molecule has 0 radical (unpaired) electrons. The van der Waals surface area contributed by atoms with Crippen molar-refractivity contribution in [2.45, 2.75) is 117 Å². The van der Waals surface area contributed by atoms with E-state index >= 15 is 0 Å². The lowest BCUT2D eigenvalue weighted by molar-refractivity contribution is -0.143. The fourth-order valence-electron chi connectivity index (χ4n) is 3.76. The lowest BCUT2D eigenvalue weighted by Crippen LogP contribution is -2.11. The number of nitrogens with one attached hydrogen (secondary N) is 1. The minimum atomic E-state index is -0.169. The summed E-state index contributed by atoms with van der Waals surface area (Å²) in [6.07, 6.45) is 18.7. The van der Waals surface area contributed by atoms with Gasteiger partial charge in [0.25, 0.3) is 0 Å². The first kappa shape index (κ1) is 27.2. The molecular weight excluding hydrogens is 386 g/mol. The SMILES string of the molecule is CCCCCCCCCCCCCCCC(=O)Nc1ccc(CCC(=O)OCC)cc1. The highest BCUT2D eigenvalue weighted by molar-refractivity contribution is 5.90. The first-order valence-electron chi connectivity index (χ1n) is 12.7. The van der Waals surface area contributed by atoms with E-state index in [0.717, 1.165) is 24.1 Å². The summed E-state index contributed by atoms with van der Waals surface area (Å²) in [6, 6.07) is 7.73. The molecule has 0 heterocycles. The van der Waals surface area contributed by atoms with Gasteiger partial charge >= 0.3 is 5.97 Å². The smallest absolute Gasteiger partial charge is 0.306 e. The Hall–Kier alpha value is -1.84. The molecule has 0 spiro atoms. The van der Waals surface area contributed by atoms with Crippen LogP contribution in [0, 0.1) is 0 Å². The van der Waals surface area contributed by atoms with Gasteiger partial charge in [0.05, 0.1) is 6.61 Å². The second kappa shape index (κ2) is 18.9. The summed E-state index contributed by atoms with van der Waals surface area (Å²) in [4.78, 5) is 23.5. The molecule has 0 saturated carbocycles. The molecule has 0 saturated heterocycles. The third-order valence-corrected chi connectivity index (χ3v) is 5.67. The Balaban J connectivity index is 1.99. The van der Waals surface area contributed by atoms with Gasteiger partial charge in [-0.1, -0.05) is 96.1 Å². The van der Waals surface area contributed by atoms with Gasteiger partial charge in [-0.2, -0.15) is 0 Å². The van der Waals surface area contributed by atoms with E-state index < -0.39 is 0 Å². The Morgan fingerprint density at radius 3 is 1.74 bits per heavy atom. The molecule has 1 aromatic carbocycles. The summed E-state index contributed by atoms with van der Waals surface area (Å²) < 4.78 is 4.94. The minimum Gasteiger partial charge on any atom is -0.466 e. The number of carbonyl (C=O) groups is 2. The zero-order valence-electron chi connectivity index (χ0n) is 20.1. The Labute approximate surface area is 190 Å². The zero-order valence-corrected chi connectivity index (χ0v) is 20.1. The number of aryl methyl sites for hydroxylation is 1. The molecule has 1 amide bonds. The summed E-state index contributed by atoms with van der Waals surface area (Å²) in [5.41, 5.74) is 1.89. The number of rotatable bonds is 19. The van der Waals surface area contributed by atoms with Crippen molar-refractivity contribution in [3.05, 3.63) is 29.8 Å². The fourth-order valence-corrected chi connectivity index (χ4v) is 3.76. The largest absolute Gasteiger partial charge is 0.466 e. The normalized spacial score (nSPS) is 10.8. The summed E-state index contributed by atoms with van der Waals surface area (Å²) in [5, 5.41) is 2.97. The molecule has 4 nitrogen and oxygen atoms in total. The standard InChI is InChI=1S/C27H45NO3/c1-3-5-6-7-8-9-10-11-12-13-14-15-16-17-26(29)28-25-21-18-24(19-22-25)20-23-27(30)31-4-2/h18-19,21-22H,3-17,20,23H2,1-2H3,(H,28,29). The van der Waals surface area contributed by atoms with Gasteiger partial charge in [-0.15, -0.1) is 0 Å². The van der Waals surface area contributed by atoms with Gasteiger partial charge in [-0.05, 0) is 37.5 Å². The zero-order chi connectivity index (χ0) is 22.6. The number of ether oxygens (including phenoxy) is 1. The van der Waals surface area contributed by atoms with E-state index in [9.17, 15) is 9.59 Å². The monoisotopic (exact) mass is 431 g/mol. The van der Waals surface area contributed by atoms with E-state index in [1.165, 1.54) is 70.6 Å². The van der Waals surface area contributed by atoms with Crippen LogP contribution in [0.2, 0.25) is 0 Å². The second-order valence-corrected chi connectivity index (χ2v) is 8.54. The number of carbonyl (C=O) groups excluding carboxylic acids is 2. The molecule has 0 aliphatic heterocycles. The molecular formula is C27H45NO3. The van der Waals surface area contributed by atoms with Crippen LogP contribution in [-0.4, -0.2) is 18.5 Å². The number of esters is 1. The molecule has 0 atom stereocenters. The van der Waals surface area contributed by atoms with E-state index in [-0.39, 0.29) is 11.9 Å². The molecule has 0 fully saturated rings. The van der Waals surface area contributed by atoms with Gasteiger partial charge in [0.2, 0.25) is 5.91 Å². The lowest BCUT2D eigenvalue weighted by Gasteiger charge is -2.07. The van der Waals surface area contributed by atoms with Crippen molar-refractivity contribution >= 4 is 17.6 Å². The van der Waals surface area contributed by atoms with Crippen LogP contribution in [0.3, 0.4) is 0 Å². The summed E-state index contributed by atoms with van der Waals surface area (Å²) >= 11 is 0. The van der Waals surface area contributed by atoms with Crippen molar-refractivity contribution in [2.24, 2.45) is 0 Å². The second-order valence-electron chi connectivity index (χ2n) is 8.54. The topological polar surface area (TPSA) is 55.4 Å². The molecule has 1 rings (SSSR count). The molecule has 0 bridgehead atoms. The number of hydrogen-bond acceptors (Lipinski definition) is 3. The van der Waals surface area contributed by atoms with Gasteiger partial charge in [0.1, 0.15) is 0 Å². The van der Waals surface area contributed by atoms with E-state index in [0.29, 0.717) is 25.9 Å². The first-order chi connectivity index (χ1) is 15.2. The maximum Gasteiger partial charge on any atom is 0.306 e. The van der Waals surface area contributed by atoms with Crippen LogP contribution >= 0.6 is 0 Å². The highest BCUT2D eigenvalue weighted by Crippen LogP contribution is 2.14. The Morgan fingerprint density at radius 2 is 1.23 bits per heavy atom. The molecule has 31 heavy (non-hydrogen) atoms. The molecule has 4 heteroatoms. The van der Waals surface area contributed by atoms with E-state index in [1.807, 2.05) is 31.2 Å². The number of hydrogen-bond donors (Lipinski definition) is 1. The van der Waals surface area contributed by atoms with Crippen molar-refractivity contribution in [2.75, 3.05) is 11.9 Å². The molecule has 1 aromatic rings. The third kappa shape index (κ3) is 15.6. The number of anilines is 1. The lowest BCUT2D eigenvalue weighted by atomic mass is 10.0. The van der Waals surface area contributed by atoms with Gasteiger partial charge in [-0.25, -0.2) is 0 Å². The number of amides is 1. The molecule has 0 aliphatic carbocycles. The Morgan fingerprint density at radius 1 is 0.710 bits per heavy atom. The third-order valence-electron chi connectivity index (χ3n) is 5.67. The number of unbranched alkanes of at least 4 members (excludes halogenated alkanes) is 12. The van der Waals surface area contributed by atoms with Crippen LogP contribution in [0.4, 0.5) is 5.69 Å². The summed E-state index contributed by atoms with van der Waals surface area (Å²) in [6.45, 7) is 4.50. The van der Waals surface area contributed by atoms with Gasteiger partial charge < -0.3 is 10.1 Å². The first-order valence-corrected chi connectivity index (χ1v) is 12.7. The fraction of sp³-hybridized carbons (Fsp3) is 0.704. The van der Waals surface area contributed by atoms with Crippen LogP contribution in [0.5, 0.6) is 0 Å². The van der Waals surface area contributed by atoms with Gasteiger partial charge in [0.15, 0.2) is 0 Å². The van der Waals surface area contributed by atoms with E-state index in [1.54, 1.807) is 0 Å². The van der Waals surface area contributed by atoms with Crippen molar-refractivity contribution < 1.29 is 14.3 Å². The van der Waals surface area contributed by atoms with Gasteiger partial charge in [-0.3, -0.25) is 9.59 Å².